The Labute approximate surface area is 209 Å². The molecule has 0 spiro atoms. The minimum Gasteiger partial charge on any atom is -0.352 e. The molecule has 2 aromatic heterocycles. The summed E-state index contributed by atoms with van der Waals surface area (Å²) in [4.78, 5) is 51.2. The molecule has 2 amide bonds. The van der Waals surface area contributed by atoms with Crippen LogP contribution < -0.4 is 21.9 Å². The summed E-state index contributed by atoms with van der Waals surface area (Å²) in [5.41, 5.74) is 1.57. The van der Waals surface area contributed by atoms with Crippen LogP contribution in [0, 0.1) is 6.92 Å². The molecule has 2 heterocycles. The summed E-state index contributed by atoms with van der Waals surface area (Å²) < 4.78 is 2.59. The average Bonchev–Trinajstić information content (AvgIpc) is 3.33. The minimum atomic E-state index is -0.651. The molecular formula is C25H23ClN4O4S. The van der Waals surface area contributed by atoms with Crippen molar-refractivity contribution in [3.63, 3.8) is 0 Å². The van der Waals surface area contributed by atoms with Gasteiger partial charge < -0.3 is 10.6 Å². The number of anilines is 1. The first-order valence-electron chi connectivity index (χ1n) is 10.9. The number of benzene rings is 2. The molecule has 4 rings (SSSR count). The number of rotatable bonds is 8. The lowest BCUT2D eigenvalue weighted by molar-refractivity contribution is -0.121. The van der Waals surface area contributed by atoms with Crippen molar-refractivity contribution in [3.8, 4) is 0 Å². The van der Waals surface area contributed by atoms with Crippen LogP contribution in [-0.4, -0.2) is 20.9 Å². The van der Waals surface area contributed by atoms with Crippen molar-refractivity contribution in [2.75, 3.05) is 5.32 Å². The molecule has 0 saturated carbocycles. The Balaban J connectivity index is 1.52. The first kappa shape index (κ1) is 24.4. The Kier molecular flexibility index (Phi) is 7.48. The first-order chi connectivity index (χ1) is 16.8. The van der Waals surface area contributed by atoms with E-state index in [0.29, 0.717) is 27.5 Å². The number of aromatic nitrogens is 2. The smallest absolute Gasteiger partial charge is 0.332 e. The van der Waals surface area contributed by atoms with E-state index in [2.05, 4.69) is 10.6 Å². The number of carbonyl (C=O) groups excluding carboxylic acids is 2. The van der Waals surface area contributed by atoms with Crippen molar-refractivity contribution in [2.24, 2.45) is 0 Å². The fourth-order valence-electron chi connectivity index (χ4n) is 3.64. The molecule has 10 heteroatoms. The van der Waals surface area contributed by atoms with Gasteiger partial charge in [0.15, 0.2) is 0 Å². The Morgan fingerprint density at radius 3 is 2.51 bits per heavy atom. The number of fused-ring (bicyclic) bond motifs is 1. The van der Waals surface area contributed by atoms with Gasteiger partial charge in [0.1, 0.15) is 11.2 Å². The summed E-state index contributed by atoms with van der Waals surface area (Å²) in [6.45, 7) is 1.83. The highest BCUT2D eigenvalue weighted by molar-refractivity contribution is 7.17. The highest BCUT2D eigenvalue weighted by atomic mass is 35.5. The van der Waals surface area contributed by atoms with E-state index in [9.17, 15) is 19.2 Å². The Morgan fingerprint density at radius 2 is 1.77 bits per heavy atom. The maximum absolute atomic E-state index is 13.2. The predicted octanol–water partition coefficient (Wildman–Crippen LogP) is 3.53. The fourth-order valence-corrected chi connectivity index (χ4v) is 4.76. The maximum atomic E-state index is 13.2. The van der Waals surface area contributed by atoms with Crippen LogP contribution in [0.3, 0.4) is 0 Å². The third-order valence-electron chi connectivity index (χ3n) is 5.43. The molecule has 0 unspecified atom stereocenters. The molecule has 8 nitrogen and oxygen atoms in total. The Morgan fingerprint density at radius 1 is 1.00 bits per heavy atom. The molecule has 0 aliphatic carbocycles. The third-order valence-corrected chi connectivity index (χ3v) is 6.64. The van der Waals surface area contributed by atoms with Crippen molar-refractivity contribution in [2.45, 2.75) is 33.0 Å². The number of nitrogens with one attached hydrogen (secondary N) is 2. The highest BCUT2D eigenvalue weighted by Gasteiger charge is 2.17. The highest BCUT2D eigenvalue weighted by Crippen LogP contribution is 2.23. The van der Waals surface area contributed by atoms with Gasteiger partial charge in [-0.15, -0.1) is 11.3 Å². The van der Waals surface area contributed by atoms with Gasteiger partial charge in [0, 0.05) is 19.5 Å². The molecule has 0 atom stereocenters. The van der Waals surface area contributed by atoms with Crippen LogP contribution in [0.5, 0.6) is 0 Å². The first-order valence-corrected chi connectivity index (χ1v) is 12.2. The van der Waals surface area contributed by atoms with Gasteiger partial charge in [-0.3, -0.25) is 23.5 Å². The molecule has 2 N–H and O–H groups in total. The summed E-state index contributed by atoms with van der Waals surface area (Å²) in [5.74, 6) is -0.749. The van der Waals surface area contributed by atoms with Gasteiger partial charge in [-0.05, 0) is 41.6 Å². The van der Waals surface area contributed by atoms with Gasteiger partial charge in [-0.2, -0.15) is 0 Å². The molecule has 0 aliphatic heterocycles. The van der Waals surface area contributed by atoms with E-state index in [4.69, 9.17) is 11.6 Å². The van der Waals surface area contributed by atoms with E-state index in [1.807, 2.05) is 43.3 Å². The molecule has 4 aromatic rings. The van der Waals surface area contributed by atoms with Crippen LogP contribution in [0.25, 0.3) is 10.2 Å². The maximum Gasteiger partial charge on any atom is 0.332 e. The molecule has 180 valence electrons. The summed E-state index contributed by atoms with van der Waals surface area (Å²) >= 11 is 7.38. The normalized spacial score (nSPS) is 10.9. The van der Waals surface area contributed by atoms with E-state index in [1.54, 1.807) is 23.6 Å². The van der Waals surface area contributed by atoms with Gasteiger partial charge in [-0.25, -0.2) is 4.79 Å². The number of thiophene rings is 1. The van der Waals surface area contributed by atoms with Gasteiger partial charge in [0.25, 0.3) is 5.56 Å². The van der Waals surface area contributed by atoms with Crippen LogP contribution in [0.4, 0.5) is 5.69 Å². The molecule has 0 saturated heterocycles. The monoisotopic (exact) mass is 510 g/mol. The molecule has 0 radical (unpaired) electrons. The van der Waals surface area contributed by atoms with Crippen LogP contribution in [0.2, 0.25) is 5.02 Å². The zero-order valence-corrected chi connectivity index (χ0v) is 20.5. The zero-order chi connectivity index (χ0) is 24.9. The van der Waals surface area contributed by atoms with E-state index in [1.165, 1.54) is 15.9 Å². The molecule has 35 heavy (non-hydrogen) atoms. The molecule has 0 aliphatic rings. The number of carbonyl (C=O) groups is 2. The van der Waals surface area contributed by atoms with Crippen molar-refractivity contribution in [1.82, 2.24) is 14.5 Å². The largest absolute Gasteiger partial charge is 0.352 e. The fraction of sp³-hybridized carbons (Fsp3) is 0.200. The lowest BCUT2D eigenvalue weighted by Crippen LogP contribution is -2.42. The van der Waals surface area contributed by atoms with Gasteiger partial charge in [0.2, 0.25) is 11.8 Å². The van der Waals surface area contributed by atoms with Crippen molar-refractivity contribution in [3.05, 3.63) is 97.0 Å². The zero-order valence-electron chi connectivity index (χ0n) is 18.9. The summed E-state index contributed by atoms with van der Waals surface area (Å²) in [5, 5.41) is 7.57. The van der Waals surface area contributed by atoms with Crippen molar-refractivity contribution >= 4 is 50.7 Å². The second kappa shape index (κ2) is 10.7. The number of halogens is 1. The molecule has 0 fully saturated rings. The Bertz CT molecular complexity index is 1510. The molecule has 2 aromatic carbocycles. The van der Waals surface area contributed by atoms with Crippen LogP contribution in [0.1, 0.15) is 17.5 Å². The van der Waals surface area contributed by atoms with E-state index in [-0.39, 0.29) is 25.4 Å². The van der Waals surface area contributed by atoms with Crippen LogP contribution >= 0.6 is 22.9 Å². The number of amides is 2. The second-order valence-corrected chi connectivity index (χ2v) is 9.33. The lowest BCUT2D eigenvalue weighted by atomic mass is 10.2. The predicted molar refractivity (Wildman–Crippen MR) is 138 cm³/mol. The third kappa shape index (κ3) is 5.70. The van der Waals surface area contributed by atoms with Gasteiger partial charge in [-0.1, -0.05) is 48.0 Å². The van der Waals surface area contributed by atoms with Crippen molar-refractivity contribution < 1.29 is 9.59 Å². The summed E-state index contributed by atoms with van der Waals surface area (Å²) in [7, 11) is 0. The van der Waals surface area contributed by atoms with Crippen molar-refractivity contribution in [1.29, 1.82) is 0 Å². The van der Waals surface area contributed by atoms with E-state index in [0.717, 1.165) is 15.7 Å². The minimum absolute atomic E-state index is 0.0516. The number of aryl methyl sites for hydroxylation is 1. The molecule has 0 bridgehead atoms. The molecular weight excluding hydrogens is 488 g/mol. The quantitative estimate of drug-likeness (QED) is 0.378. The van der Waals surface area contributed by atoms with Crippen LogP contribution in [-0.2, 0) is 29.2 Å². The SMILES string of the molecule is Cc1ccc(NC(=O)Cn2c(=O)n(CCC(=O)NCc3ccccc3)c(=O)c3sccc32)c(Cl)c1. The van der Waals surface area contributed by atoms with E-state index >= 15 is 0 Å². The van der Waals surface area contributed by atoms with Crippen LogP contribution in [0.15, 0.2) is 69.6 Å². The standard InChI is InChI=1S/C25H23ClN4O4S/c1-16-7-8-19(18(26)13-16)28-22(32)15-30-20-10-12-35-23(20)24(33)29(25(30)34)11-9-21(31)27-14-17-5-3-2-4-6-17/h2-8,10,12-13H,9,11,14-15H2,1H3,(H,27,31)(H,28,32). The Hall–Kier alpha value is -3.69. The number of hydrogen-bond acceptors (Lipinski definition) is 5. The second-order valence-electron chi connectivity index (χ2n) is 8.00. The van der Waals surface area contributed by atoms with Gasteiger partial charge >= 0.3 is 5.69 Å². The average molecular weight is 511 g/mol. The van der Waals surface area contributed by atoms with Gasteiger partial charge in [0.05, 0.1) is 16.2 Å². The number of nitrogens with zero attached hydrogens (tertiary/aromatic N) is 2. The summed E-state index contributed by atoms with van der Waals surface area (Å²) in [6, 6.07) is 16.3. The summed E-state index contributed by atoms with van der Waals surface area (Å²) in [6.07, 6.45) is -0.0516. The van der Waals surface area contributed by atoms with E-state index < -0.39 is 17.2 Å². The lowest BCUT2D eigenvalue weighted by Gasteiger charge is -2.13. The number of hydrogen-bond donors (Lipinski definition) is 2. The topological polar surface area (TPSA) is 102 Å².